The van der Waals surface area contributed by atoms with Crippen LogP contribution in [0.3, 0.4) is 0 Å². The highest BCUT2D eigenvalue weighted by molar-refractivity contribution is 6.02. The Balaban J connectivity index is 1.64. The molecule has 0 saturated heterocycles. The minimum absolute atomic E-state index is 0.166. The third kappa shape index (κ3) is 4.36. The fourth-order valence-electron chi connectivity index (χ4n) is 2.67. The van der Waals surface area contributed by atoms with Gasteiger partial charge in [-0.1, -0.05) is 36.4 Å². The van der Waals surface area contributed by atoms with E-state index in [4.69, 9.17) is 14.2 Å². The lowest BCUT2D eigenvalue weighted by molar-refractivity contribution is -0.123. The van der Waals surface area contributed by atoms with E-state index < -0.39 is 0 Å². The summed E-state index contributed by atoms with van der Waals surface area (Å²) in [5.74, 6) is 1.49. The SMILES string of the molecule is COc1ccccc1OCC(=O)NN=Cc1ccc(OC)c2ccccc12. The van der Waals surface area contributed by atoms with Gasteiger partial charge in [0.1, 0.15) is 5.75 Å². The van der Waals surface area contributed by atoms with Crippen LogP contribution < -0.4 is 19.6 Å². The van der Waals surface area contributed by atoms with Gasteiger partial charge in [-0.15, -0.1) is 0 Å². The summed E-state index contributed by atoms with van der Waals surface area (Å²) in [5, 5.41) is 5.99. The zero-order valence-electron chi connectivity index (χ0n) is 15.1. The van der Waals surface area contributed by atoms with Crippen LogP contribution in [0.4, 0.5) is 0 Å². The molecule has 3 rings (SSSR count). The Labute approximate surface area is 157 Å². The molecule has 0 aromatic heterocycles. The summed E-state index contributed by atoms with van der Waals surface area (Å²) in [6.07, 6.45) is 1.60. The van der Waals surface area contributed by atoms with Crippen LogP contribution in [-0.2, 0) is 4.79 Å². The molecule has 0 spiro atoms. The first-order valence-electron chi connectivity index (χ1n) is 8.36. The summed E-state index contributed by atoms with van der Waals surface area (Å²) >= 11 is 0. The van der Waals surface area contributed by atoms with E-state index in [2.05, 4.69) is 10.5 Å². The molecule has 6 nitrogen and oxygen atoms in total. The number of hydrogen-bond donors (Lipinski definition) is 1. The number of ether oxygens (including phenoxy) is 3. The topological polar surface area (TPSA) is 69.2 Å². The summed E-state index contributed by atoms with van der Waals surface area (Å²) in [7, 11) is 3.18. The first-order valence-corrected chi connectivity index (χ1v) is 8.36. The molecule has 0 saturated carbocycles. The molecule has 0 radical (unpaired) electrons. The first kappa shape index (κ1) is 18.3. The molecule has 0 aliphatic rings. The molecule has 0 aliphatic carbocycles. The van der Waals surface area contributed by atoms with Gasteiger partial charge in [0.05, 0.1) is 20.4 Å². The van der Waals surface area contributed by atoms with Crippen molar-refractivity contribution in [2.45, 2.75) is 0 Å². The van der Waals surface area contributed by atoms with Crippen molar-refractivity contribution in [1.82, 2.24) is 5.43 Å². The standard InChI is InChI=1S/C21H20N2O4/c1-25-18-12-11-15(16-7-3-4-8-17(16)18)13-22-23-21(24)14-27-20-10-6-5-9-19(20)26-2/h3-13H,14H2,1-2H3,(H,23,24). The lowest BCUT2D eigenvalue weighted by Gasteiger charge is -2.09. The molecule has 0 heterocycles. The van der Waals surface area contributed by atoms with Gasteiger partial charge in [0.25, 0.3) is 5.91 Å². The van der Waals surface area contributed by atoms with Crippen molar-refractivity contribution in [2.24, 2.45) is 5.10 Å². The highest BCUT2D eigenvalue weighted by atomic mass is 16.5. The lowest BCUT2D eigenvalue weighted by Crippen LogP contribution is -2.24. The highest BCUT2D eigenvalue weighted by Crippen LogP contribution is 2.27. The average Bonchev–Trinajstić information content (AvgIpc) is 2.72. The summed E-state index contributed by atoms with van der Waals surface area (Å²) in [4.78, 5) is 12.0. The number of hydrazone groups is 1. The fraction of sp³-hybridized carbons (Fsp3) is 0.143. The molecule has 0 atom stereocenters. The number of rotatable bonds is 7. The quantitative estimate of drug-likeness (QED) is 0.515. The maximum Gasteiger partial charge on any atom is 0.277 e. The number of hydrogen-bond acceptors (Lipinski definition) is 5. The number of methoxy groups -OCH3 is 2. The normalized spacial score (nSPS) is 10.7. The van der Waals surface area contributed by atoms with Crippen molar-refractivity contribution in [3.63, 3.8) is 0 Å². The Hall–Kier alpha value is -3.54. The fourth-order valence-corrected chi connectivity index (χ4v) is 2.67. The summed E-state index contributed by atoms with van der Waals surface area (Å²) in [5.41, 5.74) is 3.34. The van der Waals surface area contributed by atoms with E-state index in [1.54, 1.807) is 32.6 Å². The van der Waals surface area contributed by atoms with Crippen molar-refractivity contribution in [1.29, 1.82) is 0 Å². The van der Waals surface area contributed by atoms with Crippen LogP contribution in [0.25, 0.3) is 10.8 Å². The van der Waals surface area contributed by atoms with Crippen LogP contribution in [0.1, 0.15) is 5.56 Å². The molecule has 0 fully saturated rings. The van der Waals surface area contributed by atoms with Gasteiger partial charge < -0.3 is 14.2 Å². The van der Waals surface area contributed by atoms with Crippen molar-refractivity contribution in [3.8, 4) is 17.2 Å². The van der Waals surface area contributed by atoms with Crippen LogP contribution >= 0.6 is 0 Å². The van der Waals surface area contributed by atoms with Crippen LogP contribution in [0, 0.1) is 0 Å². The molecular formula is C21H20N2O4. The number of nitrogens with one attached hydrogen (secondary N) is 1. The van der Waals surface area contributed by atoms with Crippen LogP contribution in [0.15, 0.2) is 65.8 Å². The van der Waals surface area contributed by atoms with Crippen molar-refractivity contribution in [3.05, 3.63) is 66.2 Å². The number of carbonyl (C=O) groups is 1. The van der Waals surface area contributed by atoms with E-state index in [1.165, 1.54) is 0 Å². The number of fused-ring (bicyclic) bond motifs is 1. The molecule has 6 heteroatoms. The Kier molecular flexibility index (Phi) is 5.89. The second-order valence-electron chi connectivity index (χ2n) is 5.64. The van der Waals surface area contributed by atoms with Crippen molar-refractivity contribution in [2.75, 3.05) is 20.8 Å². The van der Waals surface area contributed by atoms with E-state index in [0.717, 1.165) is 22.1 Å². The number of amides is 1. The monoisotopic (exact) mass is 364 g/mol. The van der Waals surface area contributed by atoms with Crippen molar-refractivity contribution < 1.29 is 19.0 Å². The molecule has 0 unspecified atom stereocenters. The van der Waals surface area contributed by atoms with Gasteiger partial charge in [-0.25, -0.2) is 5.43 Å². The number of carbonyl (C=O) groups excluding carboxylic acids is 1. The molecule has 138 valence electrons. The van der Waals surface area contributed by atoms with E-state index in [9.17, 15) is 4.79 Å². The zero-order valence-corrected chi connectivity index (χ0v) is 15.1. The lowest BCUT2D eigenvalue weighted by atomic mass is 10.0. The third-order valence-corrected chi connectivity index (χ3v) is 3.96. The van der Waals surface area contributed by atoms with Gasteiger partial charge in [0.15, 0.2) is 18.1 Å². The minimum atomic E-state index is -0.366. The molecule has 1 amide bonds. The molecular weight excluding hydrogens is 344 g/mol. The van der Waals surface area contributed by atoms with Crippen molar-refractivity contribution >= 4 is 22.9 Å². The maximum absolute atomic E-state index is 12.0. The average molecular weight is 364 g/mol. The summed E-state index contributed by atoms with van der Waals surface area (Å²) < 4.78 is 16.0. The number of benzene rings is 3. The molecule has 0 bridgehead atoms. The first-order chi connectivity index (χ1) is 13.2. The van der Waals surface area contributed by atoms with E-state index in [1.807, 2.05) is 48.5 Å². The zero-order chi connectivity index (χ0) is 19.1. The van der Waals surface area contributed by atoms with Crippen LogP contribution in [0.2, 0.25) is 0 Å². The Bertz CT molecular complexity index is 969. The van der Waals surface area contributed by atoms with Crippen LogP contribution in [0.5, 0.6) is 17.2 Å². The predicted molar refractivity (Wildman–Crippen MR) is 105 cm³/mol. The summed E-state index contributed by atoms with van der Waals surface area (Å²) in [6, 6.07) is 18.7. The Morgan fingerprint density at radius 3 is 2.30 bits per heavy atom. The smallest absolute Gasteiger partial charge is 0.277 e. The Morgan fingerprint density at radius 2 is 1.56 bits per heavy atom. The molecule has 27 heavy (non-hydrogen) atoms. The minimum Gasteiger partial charge on any atom is -0.496 e. The van der Waals surface area contributed by atoms with Gasteiger partial charge in [0.2, 0.25) is 0 Å². The van der Waals surface area contributed by atoms with Gasteiger partial charge in [-0.3, -0.25) is 4.79 Å². The van der Waals surface area contributed by atoms with E-state index >= 15 is 0 Å². The predicted octanol–water partition coefficient (Wildman–Crippen LogP) is 3.39. The van der Waals surface area contributed by atoms with Gasteiger partial charge in [0, 0.05) is 10.9 Å². The molecule has 3 aromatic rings. The van der Waals surface area contributed by atoms with Gasteiger partial charge in [-0.05, 0) is 29.7 Å². The largest absolute Gasteiger partial charge is 0.496 e. The summed E-state index contributed by atoms with van der Waals surface area (Å²) in [6.45, 7) is -0.166. The third-order valence-electron chi connectivity index (χ3n) is 3.96. The highest BCUT2D eigenvalue weighted by Gasteiger charge is 2.07. The number of para-hydroxylation sites is 2. The second-order valence-corrected chi connectivity index (χ2v) is 5.64. The molecule has 0 aliphatic heterocycles. The maximum atomic E-state index is 12.0. The second kappa shape index (κ2) is 8.71. The van der Waals surface area contributed by atoms with E-state index in [0.29, 0.717) is 11.5 Å². The number of nitrogens with zero attached hydrogens (tertiary/aromatic N) is 1. The van der Waals surface area contributed by atoms with Crippen LogP contribution in [-0.4, -0.2) is 32.9 Å². The molecule has 3 aromatic carbocycles. The van der Waals surface area contributed by atoms with E-state index in [-0.39, 0.29) is 12.5 Å². The Morgan fingerprint density at radius 1 is 0.889 bits per heavy atom. The van der Waals surface area contributed by atoms with Gasteiger partial charge >= 0.3 is 0 Å². The molecule has 1 N–H and O–H groups in total. The van der Waals surface area contributed by atoms with Gasteiger partial charge in [-0.2, -0.15) is 5.10 Å².